The highest BCUT2D eigenvalue weighted by molar-refractivity contribution is 6.13. The molecule has 268 valence electrons. The molecule has 1 N–H and O–H groups in total. The summed E-state index contributed by atoms with van der Waals surface area (Å²) in [4.78, 5) is 33.0. The molecule has 3 aliphatic rings. The second kappa shape index (κ2) is 12.5. The van der Waals surface area contributed by atoms with E-state index in [-0.39, 0.29) is 29.7 Å². The van der Waals surface area contributed by atoms with Crippen molar-refractivity contribution in [2.24, 2.45) is 0 Å². The summed E-state index contributed by atoms with van der Waals surface area (Å²) in [5.41, 5.74) is 3.53. The van der Waals surface area contributed by atoms with Crippen molar-refractivity contribution in [2.75, 3.05) is 45.2 Å². The van der Waals surface area contributed by atoms with Gasteiger partial charge in [0.05, 0.1) is 34.9 Å². The first-order valence-electron chi connectivity index (χ1n) is 18.0. The van der Waals surface area contributed by atoms with E-state index < -0.39 is 17.5 Å². The van der Waals surface area contributed by atoms with Gasteiger partial charge in [-0.2, -0.15) is 20.2 Å². The van der Waals surface area contributed by atoms with Crippen molar-refractivity contribution in [2.45, 2.75) is 63.8 Å². The molecule has 0 spiro atoms. The number of carbonyl (C=O) groups excluding carboxylic acids is 1. The lowest BCUT2D eigenvalue weighted by Crippen LogP contribution is -2.43. The zero-order valence-electron chi connectivity index (χ0n) is 29.5. The van der Waals surface area contributed by atoms with Crippen LogP contribution in [0.25, 0.3) is 43.8 Å². The molecule has 2 atom stereocenters. The molecule has 2 aromatic carbocycles. The first kappa shape index (κ1) is 32.7. The number of aromatic amines is 1. The molecule has 4 aromatic heterocycles. The molecular weight excluding hydrogens is 666 g/mol. The van der Waals surface area contributed by atoms with E-state index in [1.54, 1.807) is 26.5 Å². The van der Waals surface area contributed by atoms with Crippen molar-refractivity contribution in [3.05, 3.63) is 65.5 Å². The van der Waals surface area contributed by atoms with Crippen LogP contribution in [0.15, 0.2) is 42.7 Å². The Bertz CT molecular complexity index is 2370. The van der Waals surface area contributed by atoms with Gasteiger partial charge < -0.3 is 14.5 Å². The highest BCUT2D eigenvalue weighted by Gasteiger charge is 2.49. The minimum atomic E-state index is -0.914. The zero-order valence-corrected chi connectivity index (χ0v) is 29.5. The summed E-state index contributed by atoms with van der Waals surface area (Å²) in [6.07, 6.45) is 6.09. The molecule has 14 heteroatoms. The number of aromatic nitrogens is 7. The number of carbonyl (C=O) groups is 1. The summed E-state index contributed by atoms with van der Waals surface area (Å²) in [6.45, 7) is 5.09. The predicted molar refractivity (Wildman–Crippen MR) is 194 cm³/mol. The number of alkyl halides is 1. The molecule has 2 fully saturated rings. The third-order valence-corrected chi connectivity index (χ3v) is 11.1. The Kier molecular flexibility index (Phi) is 7.83. The summed E-state index contributed by atoms with van der Waals surface area (Å²) < 4.78 is 40.3. The minimum Gasteiger partial charge on any atom is -0.461 e. The van der Waals surface area contributed by atoms with Gasteiger partial charge in [0.25, 0.3) is 5.91 Å². The zero-order chi connectivity index (χ0) is 35.7. The Labute approximate surface area is 298 Å². The third-order valence-electron chi connectivity index (χ3n) is 11.1. The van der Waals surface area contributed by atoms with Crippen molar-refractivity contribution < 1.29 is 18.3 Å². The van der Waals surface area contributed by atoms with Crippen LogP contribution in [0, 0.1) is 5.82 Å². The monoisotopic (exact) mass is 706 g/mol. The fraction of sp³-hybridized carbons (Fsp3) is 0.421. The van der Waals surface area contributed by atoms with Crippen LogP contribution >= 0.6 is 0 Å². The van der Waals surface area contributed by atoms with E-state index in [4.69, 9.17) is 19.7 Å². The molecule has 0 radical (unpaired) electrons. The fourth-order valence-electron chi connectivity index (χ4n) is 8.61. The molecule has 0 saturated carbocycles. The Hall–Kier alpha value is -5.24. The summed E-state index contributed by atoms with van der Waals surface area (Å²) in [7, 11) is 3.40. The Morgan fingerprint density at radius 2 is 2.00 bits per heavy atom. The Morgan fingerprint density at radius 1 is 1.12 bits per heavy atom. The average molecular weight is 707 g/mol. The summed E-state index contributed by atoms with van der Waals surface area (Å²) in [6, 6.07) is 9.95. The standard InChI is InChI=1S/C38H40F2N10O2/c1-4-22-8-5-9-23-14-28-26(18-42-45-28)31(30(22)23)34-32(40)33-27(17-41-34)35(44-37(43-33)52-21-38-10-6-12-49(38)19-24(39)16-38)48-11-7-13-50-25(20-48)15-29(46-50)36(51)47(2)3/h5,8-9,14-15,17-18,24H,4,6-7,10-13,16,19-21H2,1-3H3,(H,42,45)/t24-,38+/m1/s1. The molecule has 9 rings (SSSR count). The van der Waals surface area contributed by atoms with Crippen LogP contribution in [0.5, 0.6) is 6.01 Å². The molecule has 3 aliphatic heterocycles. The summed E-state index contributed by atoms with van der Waals surface area (Å²) in [5.74, 6) is -0.288. The van der Waals surface area contributed by atoms with Crippen LogP contribution < -0.4 is 9.64 Å². The largest absolute Gasteiger partial charge is 0.461 e. The number of ether oxygens (including phenoxy) is 1. The normalized spacial score (nSPS) is 20.5. The number of benzene rings is 2. The minimum absolute atomic E-state index is 0.0314. The van der Waals surface area contributed by atoms with E-state index in [0.717, 1.165) is 58.7 Å². The van der Waals surface area contributed by atoms with Gasteiger partial charge in [0.2, 0.25) is 0 Å². The van der Waals surface area contributed by atoms with Crippen molar-refractivity contribution >= 4 is 44.3 Å². The maximum absolute atomic E-state index is 17.4. The number of fused-ring (bicyclic) bond motifs is 5. The van der Waals surface area contributed by atoms with E-state index in [1.165, 1.54) is 4.90 Å². The lowest BCUT2D eigenvalue weighted by Gasteiger charge is -2.31. The van der Waals surface area contributed by atoms with E-state index in [2.05, 4.69) is 38.1 Å². The van der Waals surface area contributed by atoms with Gasteiger partial charge in [0, 0.05) is 57.3 Å². The number of hydrogen-bond acceptors (Lipinski definition) is 9. The molecular formula is C38H40F2N10O2. The van der Waals surface area contributed by atoms with Gasteiger partial charge in [-0.25, -0.2) is 8.78 Å². The topological polar surface area (TPSA) is 121 Å². The first-order valence-corrected chi connectivity index (χ1v) is 18.0. The number of halogens is 2. The molecule has 2 saturated heterocycles. The number of hydrogen-bond donors (Lipinski definition) is 1. The summed E-state index contributed by atoms with van der Waals surface area (Å²) in [5, 5.41) is 15.0. The van der Waals surface area contributed by atoms with Crippen molar-refractivity contribution in [3.8, 4) is 17.3 Å². The van der Waals surface area contributed by atoms with Gasteiger partial charge in [-0.15, -0.1) is 0 Å². The second-order valence-electron chi connectivity index (χ2n) is 14.5. The van der Waals surface area contributed by atoms with Gasteiger partial charge in [-0.05, 0) is 60.7 Å². The SMILES string of the molecule is CCc1cccc2cc3[nH]ncc3c(-c3ncc4c(N5CCCn6nc(C(=O)N(C)C)cc6C5)nc(OC[C@@]56CCCN5C[C@H](F)C6)nc4c3F)c12. The number of H-pyrrole nitrogens is 1. The molecule has 7 heterocycles. The second-order valence-corrected chi connectivity index (χ2v) is 14.5. The molecule has 12 nitrogen and oxygen atoms in total. The van der Waals surface area contributed by atoms with Crippen LogP contribution in [-0.2, 0) is 19.5 Å². The lowest BCUT2D eigenvalue weighted by atomic mass is 9.92. The third kappa shape index (κ3) is 5.25. The molecule has 0 unspecified atom stereocenters. The van der Waals surface area contributed by atoms with Crippen molar-refractivity contribution in [1.29, 1.82) is 0 Å². The molecule has 0 aliphatic carbocycles. The van der Waals surface area contributed by atoms with Crippen molar-refractivity contribution in [3.63, 3.8) is 0 Å². The quantitative estimate of drug-likeness (QED) is 0.223. The summed E-state index contributed by atoms with van der Waals surface area (Å²) >= 11 is 0. The highest BCUT2D eigenvalue weighted by Crippen LogP contribution is 2.42. The van der Waals surface area contributed by atoms with Gasteiger partial charge in [-0.1, -0.05) is 25.1 Å². The fourth-order valence-corrected chi connectivity index (χ4v) is 8.61. The molecule has 0 bridgehead atoms. The molecule has 1 amide bonds. The van der Waals surface area contributed by atoms with Crippen LogP contribution in [-0.4, -0.2) is 103 Å². The maximum Gasteiger partial charge on any atom is 0.319 e. The van der Waals surface area contributed by atoms with E-state index in [1.807, 2.05) is 28.9 Å². The number of pyridine rings is 1. The Balaban J connectivity index is 1.20. The number of anilines is 1. The van der Waals surface area contributed by atoms with Gasteiger partial charge >= 0.3 is 6.01 Å². The first-order chi connectivity index (χ1) is 25.2. The smallest absolute Gasteiger partial charge is 0.319 e. The van der Waals surface area contributed by atoms with Crippen LogP contribution in [0.3, 0.4) is 0 Å². The van der Waals surface area contributed by atoms with E-state index in [9.17, 15) is 9.18 Å². The van der Waals surface area contributed by atoms with Gasteiger partial charge in [0.1, 0.15) is 29.8 Å². The van der Waals surface area contributed by atoms with Gasteiger partial charge in [0.15, 0.2) is 11.5 Å². The predicted octanol–water partition coefficient (Wildman–Crippen LogP) is 5.69. The van der Waals surface area contributed by atoms with Crippen LogP contribution in [0.1, 0.15) is 54.4 Å². The number of nitrogens with zero attached hydrogens (tertiary/aromatic N) is 9. The van der Waals surface area contributed by atoms with Crippen molar-refractivity contribution in [1.82, 2.24) is 44.7 Å². The van der Waals surface area contributed by atoms with Gasteiger partial charge in [-0.3, -0.25) is 24.5 Å². The van der Waals surface area contributed by atoms with Crippen LogP contribution in [0.2, 0.25) is 0 Å². The average Bonchev–Trinajstić information content (AvgIpc) is 3.90. The van der Waals surface area contributed by atoms with E-state index in [0.29, 0.717) is 61.5 Å². The Morgan fingerprint density at radius 3 is 2.85 bits per heavy atom. The lowest BCUT2D eigenvalue weighted by molar-refractivity contribution is 0.0821. The number of amides is 1. The number of rotatable bonds is 7. The molecule has 6 aromatic rings. The van der Waals surface area contributed by atoms with Crippen LogP contribution in [0.4, 0.5) is 14.6 Å². The maximum atomic E-state index is 17.4. The number of nitrogens with one attached hydrogen (secondary N) is 1. The number of aryl methyl sites for hydroxylation is 2. The molecule has 52 heavy (non-hydrogen) atoms. The highest BCUT2D eigenvalue weighted by atomic mass is 19.1. The van der Waals surface area contributed by atoms with E-state index >= 15 is 4.39 Å².